The maximum Gasteiger partial charge on any atom is 0.240 e. The Labute approximate surface area is 116 Å². The van der Waals surface area contributed by atoms with Crippen LogP contribution >= 0.6 is 0 Å². The van der Waals surface area contributed by atoms with Crippen LogP contribution in [0.15, 0.2) is 18.2 Å². The molecule has 1 atom stereocenters. The van der Waals surface area contributed by atoms with Gasteiger partial charge in [0.2, 0.25) is 13.2 Å². The highest BCUT2D eigenvalue weighted by molar-refractivity contribution is 5.45. The molecule has 2 aliphatic rings. The van der Waals surface area contributed by atoms with Gasteiger partial charge in [-0.05, 0) is 17.7 Å². The van der Waals surface area contributed by atoms with Crippen LogP contribution in [0.3, 0.4) is 0 Å². The Morgan fingerprint density at radius 2 is 1.90 bits per heavy atom. The molecular formula is C14H18F2N2O2. The molecule has 0 amide bonds. The summed E-state index contributed by atoms with van der Waals surface area (Å²) in [5, 5.41) is 3.24. The second kappa shape index (κ2) is 5.93. The van der Waals surface area contributed by atoms with Gasteiger partial charge in [-0.1, -0.05) is 6.07 Å². The van der Waals surface area contributed by atoms with E-state index in [0.717, 1.165) is 31.7 Å². The zero-order chi connectivity index (χ0) is 13.9. The maximum absolute atomic E-state index is 12.9. The van der Waals surface area contributed by atoms with Crippen LogP contribution in [0.5, 0.6) is 11.5 Å². The van der Waals surface area contributed by atoms with Gasteiger partial charge in [0, 0.05) is 38.6 Å². The highest BCUT2D eigenvalue weighted by Gasteiger charge is 2.27. The number of alkyl halides is 2. The first-order chi connectivity index (χ1) is 9.74. The van der Waals surface area contributed by atoms with Gasteiger partial charge in [0.05, 0.1) is 0 Å². The molecule has 0 saturated carbocycles. The monoisotopic (exact) mass is 284 g/mol. The summed E-state index contributed by atoms with van der Waals surface area (Å²) in [5.74, 6) is 1.33. The highest BCUT2D eigenvalue weighted by Crippen LogP contribution is 2.37. The van der Waals surface area contributed by atoms with Crippen molar-refractivity contribution in [1.82, 2.24) is 10.2 Å². The normalized spacial score (nSPS) is 20.4. The molecule has 0 unspecified atom stereocenters. The molecule has 2 heterocycles. The topological polar surface area (TPSA) is 33.7 Å². The van der Waals surface area contributed by atoms with Gasteiger partial charge in [-0.2, -0.15) is 0 Å². The fraction of sp³-hybridized carbons (Fsp3) is 0.571. The molecule has 0 spiro atoms. The van der Waals surface area contributed by atoms with E-state index in [0.29, 0.717) is 11.5 Å². The van der Waals surface area contributed by atoms with Gasteiger partial charge in [-0.3, -0.25) is 4.90 Å². The van der Waals surface area contributed by atoms with Crippen molar-refractivity contribution in [3.05, 3.63) is 23.8 Å². The van der Waals surface area contributed by atoms with Crippen molar-refractivity contribution in [2.75, 3.05) is 33.0 Å². The van der Waals surface area contributed by atoms with Gasteiger partial charge in [0.25, 0.3) is 0 Å². The second-order valence-electron chi connectivity index (χ2n) is 5.04. The van der Waals surface area contributed by atoms with E-state index in [-0.39, 0.29) is 19.3 Å². The Hall–Kier alpha value is -1.40. The zero-order valence-corrected chi connectivity index (χ0v) is 11.1. The van der Waals surface area contributed by atoms with E-state index in [4.69, 9.17) is 9.47 Å². The Balaban J connectivity index is 1.83. The number of hydrogen-bond acceptors (Lipinski definition) is 4. The molecule has 0 bridgehead atoms. The lowest BCUT2D eigenvalue weighted by atomic mass is 10.0. The molecule has 1 fully saturated rings. The molecule has 3 rings (SSSR count). The van der Waals surface area contributed by atoms with E-state index >= 15 is 0 Å². The number of nitrogens with zero attached hydrogens (tertiary/aromatic N) is 1. The van der Waals surface area contributed by atoms with Gasteiger partial charge in [-0.15, -0.1) is 0 Å². The van der Waals surface area contributed by atoms with Gasteiger partial charge in [0.15, 0.2) is 11.5 Å². The molecule has 2 aliphatic heterocycles. The predicted octanol–water partition coefficient (Wildman–Crippen LogP) is 2.02. The van der Waals surface area contributed by atoms with E-state index < -0.39 is 6.43 Å². The largest absolute Gasteiger partial charge is 0.454 e. The first-order valence-corrected chi connectivity index (χ1v) is 6.86. The molecule has 20 heavy (non-hydrogen) atoms. The lowest BCUT2D eigenvalue weighted by Crippen LogP contribution is -2.45. The van der Waals surface area contributed by atoms with Crippen LogP contribution < -0.4 is 14.8 Å². The number of ether oxygens (including phenoxy) is 2. The lowest BCUT2D eigenvalue weighted by Gasteiger charge is -2.35. The number of rotatable bonds is 4. The van der Waals surface area contributed by atoms with Crippen molar-refractivity contribution in [3.8, 4) is 11.5 Å². The van der Waals surface area contributed by atoms with Crippen LogP contribution in [0.25, 0.3) is 0 Å². The summed E-state index contributed by atoms with van der Waals surface area (Å²) in [6, 6.07) is 5.23. The highest BCUT2D eigenvalue weighted by atomic mass is 19.3. The molecule has 6 heteroatoms. The average molecular weight is 284 g/mol. The third-order valence-corrected chi connectivity index (χ3v) is 3.78. The Kier molecular flexibility index (Phi) is 4.03. The SMILES string of the molecule is FC(F)C[C@@H](c1ccc2c(c1)OCO2)N1CCNCC1. The van der Waals surface area contributed by atoms with Crippen molar-refractivity contribution < 1.29 is 18.3 Å². The average Bonchev–Trinajstić information content (AvgIpc) is 2.93. The van der Waals surface area contributed by atoms with Crippen LogP contribution in [0.2, 0.25) is 0 Å². The molecule has 0 aliphatic carbocycles. The lowest BCUT2D eigenvalue weighted by molar-refractivity contribution is 0.0738. The first kappa shape index (κ1) is 13.6. The second-order valence-corrected chi connectivity index (χ2v) is 5.04. The third-order valence-electron chi connectivity index (χ3n) is 3.78. The fourth-order valence-electron chi connectivity index (χ4n) is 2.78. The van der Waals surface area contributed by atoms with Crippen LogP contribution in [0, 0.1) is 0 Å². The molecule has 1 N–H and O–H groups in total. The molecule has 4 nitrogen and oxygen atoms in total. The number of fused-ring (bicyclic) bond motifs is 1. The summed E-state index contributed by atoms with van der Waals surface area (Å²) in [5.41, 5.74) is 0.872. The minimum atomic E-state index is -2.32. The number of benzene rings is 1. The van der Waals surface area contributed by atoms with E-state index in [1.807, 2.05) is 12.1 Å². The predicted molar refractivity (Wildman–Crippen MR) is 70.4 cm³/mol. The molecule has 110 valence electrons. The van der Waals surface area contributed by atoms with Crippen LogP contribution in [0.4, 0.5) is 8.78 Å². The van der Waals surface area contributed by atoms with Crippen molar-refractivity contribution in [3.63, 3.8) is 0 Å². The molecule has 1 aromatic carbocycles. The minimum absolute atomic E-state index is 0.153. The fourth-order valence-corrected chi connectivity index (χ4v) is 2.78. The molecule has 0 radical (unpaired) electrons. The first-order valence-electron chi connectivity index (χ1n) is 6.86. The summed E-state index contributed by atoms with van der Waals surface area (Å²) in [6.07, 6.45) is -2.47. The summed E-state index contributed by atoms with van der Waals surface area (Å²) in [6.45, 7) is 3.44. The van der Waals surface area contributed by atoms with Gasteiger partial charge >= 0.3 is 0 Å². The van der Waals surface area contributed by atoms with Gasteiger partial charge in [-0.25, -0.2) is 8.78 Å². The Morgan fingerprint density at radius 1 is 1.15 bits per heavy atom. The minimum Gasteiger partial charge on any atom is -0.454 e. The molecule has 1 aromatic rings. The number of nitrogens with one attached hydrogen (secondary N) is 1. The maximum atomic E-state index is 12.9. The van der Waals surface area contributed by atoms with Crippen LogP contribution in [-0.2, 0) is 0 Å². The van der Waals surface area contributed by atoms with Crippen LogP contribution in [-0.4, -0.2) is 44.3 Å². The quantitative estimate of drug-likeness (QED) is 0.917. The standard InChI is InChI=1S/C14H18F2N2O2/c15-14(16)8-11(18-5-3-17-4-6-18)10-1-2-12-13(7-10)20-9-19-12/h1-2,7,11,14,17H,3-6,8-9H2/t11-/m0/s1. The summed E-state index contributed by atoms with van der Waals surface area (Å²) >= 11 is 0. The van der Waals surface area contributed by atoms with E-state index in [2.05, 4.69) is 10.2 Å². The molecular weight excluding hydrogens is 266 g/mol. The third kappa shape index (κ3) is 2.86. The number of piperazine rings is 1. The Morgan fingerprint density at radius 3 is 2.65 bits per heavy atom. The van der Waals surface area contributed by atoms with E-state index in [9.17, 15) is 8.78 Å². The zero-order valence-electron chi connectivity index (χ0n) is 11.1. The van der Waals surface area contributed by atoms with Crippen molar-refractivity contribution in [2.24, 2.45) is 0 Å². The summed E-state index contributed by atoms with van der Waals surface area (Å²) in [4.78, 5) is 2.11. The van der Waals surface area contributed by atoms with E-state index in [1.165, 1.54) is 0 Å². The van der Waals surface area contributed by atoms with Crippen molar-refractivity contribution in [2.45, 2.75) is 18.9 Å². The number of halogens is 2. The van der Waals surface area contributed by atoms with Crippen LogP contribution in [0.1, 0.15) is 18.0 Å². The van der Waals surface area contributed by atoms with E-state index in [1.54, 1.807) is 6.07 Å². The molecule has 1 saturated heterocycles. The van der Waals surface area contributed by atoms with Gasteiger partial charge < -0.3 is 14.8 Å². The number of hydrogen-bond donors (Lipinski definition) is 1. The van der Waals surface area contributed by atoms with Crippen molar-refractivity contribution in [1.29, 1.82) is 0 Å². The molecule has 0 aromatic heterocycles. The summed E-state index contributed by atoms with van der Waals surface area (Å²) in [7, 11) is 0. The van der Waals surface area contributed by atoms with Crippen molar-refractivity contribution >= 4 is 0 Å². The smallest absolute Gasteiger partial charge is 0.240 e. The Bertz CT molecular complexity index is 464. The summed E-state index contributed by atoms with van der Waals surface area (Å²) < 4.78 is 36.4. The van der Waals surface area contributed by atoms with Gasteiger partial charge in [0.1, 0.15) is 0 Å².